The van der Waals surface area contributed by atoms with Crippen molar-refractivity contribution in [2.24, 2.45) is 5.73 Å². The van der Waals surface area contributed by atoms with Crippen molar-refractivity contribution < 1.29 is 4.79 Å². The molecule has 0 aromatic carbocycles. The van der Waals surface area contributed by atoms with Gasteiger partial charge < -0.3 is 16.0 Å². The van der Waals surface area contributed by atoms with Gasteiger partial charge in [0.2, 0.25) is 0 Å². The molecule has 1 aliphatic carbocycles. The minimum absolute atomic E-state index is 0.0560. The van der Waals surface area contributed by atoms with Crippen LogP contribution in [0.15, 0.2) is 0 Å². The predicted molar refractivity (Wildman–Crippen MR) is 70.9 cm³/mol. The minimum atomic E-state index is -0.171. The Bertz CT molecular complexity index is 252. The van der Waals surface area contributed by atoms with Crippen LogP contribution in [0, 0.1) is 0 Å². The molecule has 4 nitrogen and oxygen atoms in total. The van der Waals surface area contributed by atoms with E-state index in [1.54, 1.807) is 0 Å². The smallest absolute Gasteiger partial charge is 0.318 e. The Morgan fingerprint density at radius 1 is 1.29 bits per heavy atom. The Kier molecular flexibility index (Phi) is 4.80. The molecule has 0 atom stereocenters. The van der Waals surface area contributed by atoms with Crippen molar-refractivity contribution in [2.75, 3.05) is 6.54 Å². The molecule has 0 heterocycles. The number of hydrogen-bond acceptors (Lipinski definition) is 2. The number of nitrogens with two attached hydrogens (primary N) is 1. The van der Waals surface area contributed by atoms with Crippen molar-refractivity contribution in [3.63, 3.8) is 0 Å². The predicted octanol–water partition coefficient (Wildman–Crippen LogP) is 2.09. The number of nitrogens with zero attached hydrogens (tertiary/aromatic N) is 1. The van der Waals surface area contributed by atoms with Crippen LogP contribution < -0.4 is 11.1 Å². The van der Waals surface area contributed by atoms with Gasteiger partial charge in [-0.3, -0.25) is 0 Å². The van der Waals surface area contributed by atoms with Crippen molar-refractivity contribution in [3.05, 3.63) is 0 Å². The molecule has 0 saturated heterocycles. The molecule has 0 aromatic heterocycles. The second-order valence-corrected chi connectivity index (χ2v) is 6.03. The monoisotopic (exact) mass is 241 g/mol. The van der Waals surface area contributed by atoms with Crippen molar-refractivity contribution in [1.82, 2.24) is 10.2 Å². The lowest BCUT2D eigenvalue weighted by Gasteiger charge is -2.37. The summed E-state index contributed by atoms with van der Waals surface area (Å²) in [5, 5.41) is 3.03. The zero-order valence-electron chi connectivity index (χ0n) is 11.6. The van der Waals surface area contributed by atoms with Gasteiger partial charge in [0.05, 0.1) is 0 Å². The highest BCUT2D eigenvalue weighted by Crippen LogP contribution is 2.22. The van der Waals surface area contributed by atoms with E-state index in [2.05, 4.69) is 5.32 Å². The zero-order valence-corrected chi connectivity index (χ0v) is 11.6. The van der Waals surface area contributed by atoms with Gasteiger partial charge in [0.1, 0.15) is 0 Å². The molecule has 17 heavy (non-hydrogen) atoms. The average Bonchev–Trinajstić information content (AvgIpc) is 2.19. The van der Waals surface area contributed by atoms with Crippen LogP contribution in [-0.2, 0) is 0 Å². The van der Waals surface area contributed by atoms with E-state index in [0.29, 0.717) is 12.1 Å². The summed E-state index contributed by atoms with van der Waals surface area (Å²) in [4.78, 5) is 14.1. The summed E-state index contributed by atoms with van der Waals surface area (Å²) in [5.41, 5.74) is 5.73. The molecule has 1 saturated carbocycles. The first-order valence-electron chi connectivity index (χ1n) is 6.68. The van der Waals surface area contributed by atoms with Crippen LogP contribution in [-0.4, -0.2) is 35.1 Å². The first kappa shape index (κ1) is 14.3. The van der Waals surface area contributed by atoms with Crippen LogP contribution in [0.2, 0.25) is 0 Å². The molecule has 0 aliphatic heterocycles. The van der Waals surface area contributed by atoms with E-state index >= 15 is 0 Å². The number of hydrogen-bond donors (Lipinski definition) is 2. The van der Waals surface area contributed by atoms with Crippen molar-refractivity contribution in [1.29, 1.82) is 0 Å². The third-order valence-electron chi connectivity index (χ3n) is 3.27. The second-order valence-electron chi connectivity index (χ2n) is 6.03. The lowest BCUT2D eigenvalue weighted by atomic mass is 9.91. The van der Waals surface area contributed by atoms with Gasteiger partial charge in [-0.15, -0.1) is 0 Å². The summed E-state index contributed by atoms with van der Waals surface area (Å²) in [6.45, 7) is 8.83. The Hall–Kier alpha value is -0.770. The van der Waals surface area contributed by atoms with Gasteiger partial charge in [-0.2, -0.15) is 0 Å². The van der Waals surface area contributed by atoms with Crippen molar-refractivity contribution in [2.45, 2.75) is 71.0 Å². The first-order chi connectivity index (χ1) is 7.83. The zero-order chi connectivity index (χ0) is 13.1. The maximum absolute atomic E-state index is 12.2. The Labute approximate surface area is 105 Å². The van der Waals surface area contributed by atoms with E-state index in [1.807, 2.05) is 32.6 Å². The van der Waals surface area contributed by atoms with Gasteiger partial charge in [0.25, 0.3) is 0 Å². The molecule has 3 N–H and O–H groups in total. The van der Waals surface area contributed by atoms with Crippen molar-refractivity contribution in [3.8, 4) is 0 Å². The molecular weight excluding hydrogens is 214 g/mol. The van der Waals surface area contributed by atoms with Gasteiger partial charge in [-0.05, 0) is 53.4 Å². The van der Waals surface area contributed by atoms with E-state index < -0.39 is 0 Å². The summed E-state index contributed by atoms with van der Waals surface area (Å²) in [6, 6.07) is 0.748. The van der Waals surface area contributed by atoms with E-state index in [1.165, 1.54) is 0 Å². The van der Waals surface area contributed by atoms with Crippen LogP contribution in [0.1, 0.15) is 53.4 Å². The largest absolute Gasteiger partial charge is 0.333 e. The molecule has 1 fully saturated rings. The molecule has 0 aromatic rings. The average molecular weight is 241 g/mol. The Balaban J connectivity index is 2.55. The summed E-state index contributed by atoms with van der Waals surface area (Å²) in [7, 11) is 0. The van der Waals surface area contributed by atoms with Crippen LogP contribution in [0.25, 0.3) is 0 Å². The Morgan fingerprint density at radius 2 is 1.82 bits per heavy atom. The number of nitrogens with one attached hydrogen (secondary N) is 1. The minimum Gasteiger partial charge on any atom is -0.333 e. The SMILES string of the molecule is CCN(C(=O)NC(C)(C)C)C1CCC(N)CC1. The van der Waals surface area contributed by atoms with Gasteiger partial charge in [-0.25, -0.2) is 4.79 Å². The van der Waals surface area contributed by atoms with E-state index in [-0.39, 0.29) is 11.6 Å². The molecule has 0 radical (unpaired) electrons. The molecule has 0 spiro atoms. The molecule has 1 aliphatic rings. The van der Waals surface area contributed by atoms with Crippen molar-refractivity contribution >= 4 is 6.03 Å². The van der Waals surface area contributed by atoms with Gasteiger partial charge in [0.15, 0.2) is 0 Å². The molecule has 0 bridgehead atoms. The normalized spacial score (nSPS) is 25.5. The third kappa shape index (κ3) is 4.54. The second kappa shape index (κ2) is 5.71. The molecule has 100 valence electrons. The Morgan fingerprint density at radius 3 is 2.24 bits per heavy atom. The summed E-state index contributed by atoms with van der Waals surface area (Å²) >= 11 is 0. The maximum Gasteiger partial charge on any atom is 0.318 e. The number of amides is 2. The van der Waals surface area contributed by atoms with E-state index in [0.717, 1.165) is 32.2 Å². The van der Waals surface area contributed by atoms with E-state index in [4.69, 9.17) is 5.73 Å². The van der Waals surface area contributed by atoms with Gasteiger partial charge >= 0.3 is 6.03 Å². The van der Waals surface area contributed by atoms with Crippen LogP contribution >= 0.6 is 0 Å². The number of carbonyl (C=O) groups excluding carboxylic acids is 1. The summed E-state index contributed by atoms with van der Waals surface area (Å²) < 4.78 is 0. The van der Waals surface area contributed by atoms with Gasteiger partial charge in [-0.1, -0.05) is 0 Å². The molecule has 1 rings (SSSR count). The fourth-order valence-corrected chi connectivity index (χ4v) is 2.37. The fourth-order valence-electron chi connectivity index (χ4n) is 2.37. The summed E-state index contributed by atoms with van der Waals surface area (Å²) in [5.74, 6) is 0. The van der Waals surface area contributed by atoms with Gasteiger partial charge in [0, 0.05) is 24.2 Å². The topological polar surface area (TPSA) is 58.4 Å². The number of rotatable bonds is 2. The van der Waals surface area contributed by atoms with Crippen LogP contribution in [0.4, 0.5) is 4.79 Å². The molecule has 0 unspecified atom stereocenters. The molecule has 2 amide bonds. The van der Waals surface area contributed by atoms with E-state index in [9.17, 15) is 4.79 Å². The van der Waals surface area contributed by atoms with Crippen LogP contribution in [0.5, 0.6) is 0 Å². The summed E-state index contributed by atoms with van der Waals surface area (Å²) in [6.07, 6.45) is 4.13. The molecule has 4 heteroatoms. The highest BCUT2D eigenvalue weighted by Gasteiger charge is 2.28. The maximum atomic E-state index is 12.2. The number of carbonyl (C=O) groups is 1. The standard InChI is InChI=1S/C13H27N3O/c1-5-16(12(17)15-13(2,3)4)11-8-6-10(14)7-9-11/h10-11H,5-9,14H2,1-4H3,(H,15,17). The first-order valence-corrected chi connectivity index (χ1v) is 6.68. The molecular formula is C13H27N3O. The highest BCUT2D eigenvalue weighted by molar-refractivity contribution is 5.75. The lowest BCUT2D eigenvalue weighted by Crippen LogP contribution is -2.53. The lowest BCUT2D eigenvalue weighted by molar-refractivity contribution is 0.149. The fraction of sp³-hybridized carbons (Fsp3) is 0.923. The number of urea groups is 1. The third-order valence-corrected chi connectivity index (χ3v) is 3.27. The highest BCUT2D eigenvalue weighted by atomic mass is 16.2. The van der Waals surface area contributed by atoms with Crippen LogP contribution in [0.3, 0.4) is 0 Å². The quantitative estimate of drug-likeness (QED) is 0.777.